The van der Waals surface area contributed by atoms with Crippen molar-refractivity contribution in [1.82, 2.24) is 0 Å². The van der Waals surface area contributed by atoms with Gasteiger partial charge in [-0.05, 0) is 12.3 Å². The van der Waals surface area contributed by atoms with Crippen LogP contribution in [0, 0.1) is 5.92 Å². The molecule has 0 saturated heterocycles. The molecule has 0 N–H and O–H groups in total. The first-order valence-corrected chi connectivity index (χ1v) is 5.79. The third-order valence-corrected chi connectivity index (χ3v) is 2.36. The number of rotatable bonds is 8. The van der Waals surface area contributed by atoms with E-state index >= 15 is 0 Å². The summed E-state index contributed by atoms with van der Waals surface area (Å²) in [4.78, 5) is 0. The average molecular weight is 192 g/mol. The molecule has 0 heterocycles. The van der Waals surface area contributed by atoms with Crippen molar-refractivity contribution < 1.29 is 0 Å². The van der Waals surface area contributed by atoms with Gasteiger partial charge in [-0.15, -0.1) is 0 Å². The van der Waals surface area contributed by atoms with Crippen molar-refractivity contribution >= 4 is 0 Å². The monoisotopic (exact) mass is 192 g/mol. The SMILES string of the molecule is C=C/C=C\C=C/CC(CCC)CCC. The average Bonchev–Trinajstić information content (AvgIpc) is 2.18. The molecule has 80 valence electrons. The molecule has 0 nitrogen and oxygen atoms in total. The molecule has 0 rings (SSSR count). The van der Waals surface area contributed by atoms with Crippen LogP contribution in [0.4, 0.5) is 0 Å². The van der Waals surface area contributed by atoms with Crippen LogP contribution in [0.15, 0.2) is 37.0 Å². The first kappa shape index (κ1) is 13.2. The van der Waals surface area contributed by atoms with Gasteiger partial charge in [0, 0.05) is 0 Å². The summed E-state index contributed by atoms with van der Waals surface area (Å²) in [5.41, 5.74) is 0. The van der Waals surface area contributed by atoms with Gasteiger partial charge < -0.3 is 0 Å². The van der Waals surface area contributed by atoms with Gasteiger partial charge in [0.05, 0.1) is 0 Å². The maximum atomic E-state index is 3.63. The van der Waals surface area contributed by atoms with Crippen LogP contribution in [-0.4, -0.2) is 0 Å². The maximum absolute atomic E-state index is 3.63. The molecule has 0 aliphatic heterocycles. The second kappa shape index (κ2) is 10.3. The lowest BCUT2D eigenvalue weighted by atomic mass is 9.95. The van der Waals surface area contributed by atoms with Crippen LogP contribution in [0.5, 0.6) is 0 Å². The molecule has 0 aromatic heterocycles. The number of allylic oxidation sites excluding steroid dienone is 5. The Kier molecular flexibility index (Phi) is 9.73. The van der Waals surface area contributed by atoms with Crippen LogP contribution < -0.4 is 0 Å². The molecular weight excluding hydrogens is 168 g/mol. The fourth-order valence-corrected chi connectivity index (χ4v) is 1.69. The quantitative estimate of drug-likeness (QED) is 0.480. The summed E-state index contributed by atoms with van der Waals surface area (Å²) in [6.07, 6.45) is 16.8. The van der Waals surface area contributed by atoms with Crippen molar-refractivity contribution in [2.75, 3.05) is 0 Å². The minimum Gasteiger partial charge on any atom is -0.0991 e. The fraction of sp³-hybridized carbons (Fsp3) is 0.571. The molecule has 0 aromatic rings. The Bertz CT molecular complexity index is 168. The molecule has 0 radical (unpaired) electrons. The summed E-state index contributed by atoms with van der Waals surface area (Å²) in [5.74, 6) is 0.887. The van der Waals surface area contributed by atoms with Crippen molar-refractivity contribution in [2.24, 2.45) is 5.92 Å². The Morgan fingerprint density at radius 2 is 1.64 bits per heavy atom. The highest BCUT2D eigenvalue weighted by Crippen LogP contribution is 2.17. The van der Waals surface area contributed by atoms with E-state index in [-0.39, 0.29) is 0 Å². The number of hydrogen-bond acceptors (Lipinski definition) is 0. The van der Waals surface area contributed by atoms with Gasteiger partial charge in [0.25, 0.3) is 0 Å². The van der Waals surface area contributed by atoms with Gasteiger partial charge in [0.1, 0.15) is 0 Å². The minimum absolute atomic E-state index is 0.887. The van der Waals surface area contributed by atoms with E-state index in [0.29, 0.717) is 0 Å². The minimum atomic E-state index is 0.887. The maximum Gasteiger partial charge on any atom is -0.0319 e. The van der Waals surface area contributed by atoms with Crippen LogP contribution in [0.1, 0.15) is 46.0 Å². The largest absolute Gasteiger partial charge is 0.0991 e. The first-order valence-electron chi connectivity index (χ1n) is 5.79. The van der Waals surface area contributed by atoms with Crippen LogP contribution in [0.3, 0.4) is 0 Å². The Labute approximate surface area is 89.4 Å². The zero-order valence-electron chi connectivity index (χ0n) is 9.71. The molecule has 0 spiro atoms. The topological polar surface area (TPSA) is 0 Å². The highest BCUT2D eigenvalue weighted by atomic mass is 14.1. The zero-order valence-corrected chi connectivity index (χ0v) is 9.71. The molecule has 0 bridgehead atoms. The lowest BCUT2D eigenvalue weighted by Gasteiger charge is -2.11. The number of hydrogen-bond donors (Lipinski definition) is 0. The third kappa shape index (κ3) is 7.85. The molecule has 0 atom stereocenters. The second-order valence-electron chi connectivity index (χ2n) is 3.73. The Morgan fingerprint density at radius 3 is 2.14 bits per heavy atom. The van der Waals surface area contributed by atoms with Crippen molar-refractivity contribution in [2.45, 2.75) is 46.0 Å². The van der Waals surface area contributed by atoms with Crippen LogP contribution >= 0.6 is 0 Å². The summed E-state index contributed by atoms with van der Waals surface area (Å²) >= 11 is 0. The van der Waals surface area contributed by atoms with Gasteiger partial charge in [0.15, 0.2) is 0 Å². The Balaban J connectivity index is 3.73. The van der Waals surface area contributed by atoms with E-state index in [2.05, 4.69) is 32.6 Å². The van der Waals surface area contributed by atoms with Crippen molar-refractivity contribution in [3.05, 3.63) is 37.0 Å². The molecule has 0 saturated carbocycles. The first-order chi connectivity index (χ1) is 6.85. The van der Waals surface area contributed by atoms with Crippen molar-refractivity contribution in [3.8, 4) is 0 Å². The smallest absolute Gasteiger partial charge is 0.0319 e. The van der Waals surface area contributed by atoms with E-state index in [1.807, 2.05) is 12.2 Å². The summed E-state index contributed by atoms with van der Waals surface area (Å²) in [7, 11) is 0. The van der Waals surface area contributed by atoms with Gasteiger partial charge >= 0.3 is 0 Å². The molecule has 0 aliphatic rings. The van der Waals surface area contributed by atoms with E-state index in [4.69, 9.17) is 0 Å². The predicted molar refractivity (Wildman–Crippen MR) is 66.4 cm³/mol. The van der Waals surface area contributed by atoms with E-state index < -0.39 is 0 Å². The normalized spacial score (nSPS) is 11.9. The Hall–Kier alpha value is -0.780. The van der Waals surface area contributed by atoms with Gasteiger partial charge in [-0.1, -0.05) is 76.5 Å². The molecule has 0 amide bonds. The summed E-state index contributed by atoms with van der Waals surface area (Å²) in [5, 5.41) is 0. The van der Waals surface area contributed by atoms with E-state index in [9.17, 15) is 0 Å². The van der Waals surface area contributed by atoms with Gasteiger partial charge in [-0.3, -0.25) is 0 Å². The van der Waals surface area contributed by atoms with Crippen molar-refractivity contribution in [1.29, 1.82) is 0 Å². The predicted octanol–water partition coefficient (Wildman–Crippen LogP) is 4.89. The summed E-state index contributed by atoms with van der Waals surface area (Å²) in [6.45, 7) is 8.17. The molecular formula is C14H24. The zero-order chi connectivity index (χ0) is 10.6. The molecule has 0 aliphatic carbocycles. The van der Waals surface area contributed by atoms with Gasteiger partial charge in [-0.2, -0.15) is 0 Å². The standard InChI is InChI=1S/C14H24/c1-4-7-8-9-10-13-14(11-5-2)12-6-3/h4,7-10,14H,1,5-6,11-13H2,2-3H3/b8-7-,10-9-. The third-order valence-electron chi connectivity index (χ3n) is 2.36. The second-order valence-corrected chi connectivity index (χ2v) is 3.73. The van der Waals surface area contributed by atoms with Crippen molar-refractivity contribution in [3.63, 3.8) is 0 Å². The summed E-state index contributed by atoms with van der Waals surface area (Å²) in [6, 6.07) is 0. The van der Waals surface area contributed by atoms with Gasteiger partial charge in [-0.25, -0.2) is 0 Å². The molecule has 0 aromatic carbocycles. The van der Waals surface area contributed by atoms with Crippen LogP contribution in [-0.2, 0) is 0 Å². The molecule has 0 fully saturated rings. The Morgan fingerprint density at radius 1 is 1.00 bits per heavy atom. The van der Waals surface area contributed by atoms with Gasteiger partial charge in [0.2, 0.25) is 0 Å². The summed E-state index contributed by atoms with van der Waals surface area (Å²) < 4.78 is 0. The van der Waals surface area contributed by atoms with Crippen LogP contribution in [0.25, 0.3) is 0 Å². The molecule has 0 unspecified atom stereocenters. The molecule has 14 heavy (non-hydrogen) atoms. The fourth-order valence-electron chi connectivity index (χ4n) is 1.69. The highest BCUT2D eigenvalue weighted by Gasteiger charge is 2.03. The van der Waals surface area contributed by atoms with E-state index in [1.165, 1.54) is 32.1 Å². The lowest BCUT2D eigenvalue weighted by molar-refractivity contribution is 0.445. The van der Waals surface area contributed by atoms with E-state index in [1.54, 1.807) is 6.08 Å². The van der Waals surface area contributed by atoms with E-state index in [0.717, 1.165) is 5.92 Å². The highest BCUT2D eigenvalue weighted by molar-refractivity contribution is 5.08. The molecule has 0 heteroatoms. The lowest BCUT2D eigenvalue weighted by Crippen LogP contribution is -1.97. The van der Waals surface area contributed by atoms with Crippen LogP contribution in [0.2, 0.25) is 0 Å².